The predicted octanol–water partition coefficient (Wildman–Crippen LogP) is 4.75. The summed E-state index contributed by atoms with van der Waals surface area (Å²) in [5, 5.41) is 0.689. The molecule has 5 heteroatoms. The number of esters is 1. The van der Waals surface area contributed by atoms with Crippen LogP contribution in [0.1, 0.15) is 66.2 Å². The number of allylic oxidation sites excluding steroid dienone is 4. The number of hydrogen-bond donors (Lipinski definition) is 0. The topological polar surface area (TPSA) is 60.4 Å². The van der Waals surface area contributed by atoms with Gasteiger partial charge in [0.05, 0.1) is 0 Å². The Morgan fingerprint density at radius 3 is 2.43 bits per heavy atom. The van der Waals surface area contributed by atoms with Gasteiger partial charge in [0.2, 0.25) is 0 Å². The maximum absolute atomic E-state index is 12.7. The van der Waals surface area contributed by atoms with Crippen molar-refractivity contribution in [2.75, 3.05) is 0 Å². The molecule has 4 unspecified atom stereocenters. The van der Waals surface area contributed by atoms with E-state index in [0.29, 0.717) is 23.8 Å². The van der Waals surface area contributed by atoms with Crippen LogP contribution < -0.4 is 0 Å². The molecule has 4 aliphatic rings. The number of ketones is 2. The first-order valence-electron chi connectivity index (χ1n) is 10.4. The summed E-state index contributed by atoms with van der Waals surface area (Å²) in [6.07, 6.45) is 8.48. The highest BCUT2D eigenvalue weighted by atomic mass is 35.5. The minimum absolute atomic E-state index is 0.0490. The zero-order chi connectivity index (χ0) is 20.5. The molecule has 0 radical (unpaired) electrons. The fraction of sp³-hybridized carbons (Fsp3) is 0.696. The van der Waals surface area contributed by atoms with E-state index in [9.17, 15) is 14.4 Å². The van der Waals surface area contributed by atoms with E-state index in [1.807, 2.05) is 0 Å². The van der Waals surface area contributed by atoms with Crippen LogP contribution in [0.5, 0.6) is 0 Å². The molecule has 0 saturated heterocycles. The lowest BCUT2D eigenvalue weighted by atomic mass is 9.48. The molecule has 4 rings (SSSR count). The number of ether oxygens (including phenoxy) is 1. The first kappa shape index (κ1) is 19.9. The maximum Gasteiger partial charge on any atom is 0.303 e. The van der Waals surface area contributed by atoms with Gasteiger partial charge in [0.25, 0.3) is 0 Å². The van der Waals surface area contributed by atoms with Crippen molar-refractivity contribution in [3.05, 3.63) is 22.8 Å². The van der Waals surface area contributed by atoms with Crippen LogP contribution in [0, 0.1) is 28.6 Å². The van der Waals surface area contributed by atoms with Crippen LogP contribution in [0.4, 0.5) is 0 Å². The van der Waals surface area contributed by atoms with Crippen molar-refractivity contribution in [1.29, 1.82) is 0 Å². The Balaban J connectivity index is 1.79. The first-order chi connectivity index (χ1) is 13.0. The summed E-state index contributed by atoms with van der Waals surface area (Å²) in [6.45, 7) is 7.33. The fourth-order valence-electron chi connectivity index (χ4n) is 7.13. The lowest BCUT2D eigenvalue weighted by molar-refractivity contribution is -0.185. The Bertz CT molecular complexity index is 826. The van der Waals surface area contributed by atoms with E-state index in [1.54, 1.807) is 13.0 Å². The lowest BCUT2D eigenvalue weighted by Gasteiger charge is -2.57. The van der Waals surface area contributed by atoms with Crippen LogP contribution in [0.2, 0.25) is 0 Å². The molecule has 4 nitrogen and oxygen atoms in total. The van der Waals surface area contributed by atoms with E-state index in [2.05, 4.69) is 19.9 Å². The highest BCUT2D eigenvalue weighted by molar-refractivity contribution is 6.32. The van der Waals surface area contributed by atoms with E-state index in [0.717, 1.165) is 31.3 Å². The number of rotatable bonds is 2. The summed E-state index contributed by atoms with van der Waals surface area (Å²) in [7, 11) is 0. The van der Waals surface area contributed by atoms with E-state index in [1.165, 1.54) is 6.92 Å². The normalized spacial score (nSPS) is 44.6. The number of fused-ring (bicyclic) bond motifs is 5. The monoisotopic (exact) mass is 404 g/mol. The molecular formula is C23H29ClO4. The van der Waals surface area contributed by atoms with Gasteiger partial charge in [0.15, 0.2) is 17.2 Å². The van der Waals surface area contributed by atoms with Crippen LogP contribution in [0.15, 0.2) is 22.8 Å². The zero-order valence-corrected chi connectivity index (χ0v) is 17.9. The minimum atomic E-state index is -1.03. The van der Waals surface area contributed by atoms with Gasteiger partial charge in [-0.3, -0.25) is 14.4 Å². The maximum atomic E-state index is 12.7. The van der Waals surface area contributed by atoms with E-state index < -0.39 is 5.60 Å². The molecule has 0 bridgehead atoms. The number of carbonyl (C=O) groups is 3. The molecule has 152 valence electrons. The molecule has 0 aliphatic heterocycles. The molecule has 6 atom stereocenters. The Morgan fingerprint density at radius 2 is 1.79 bits per heavy atom. The molecular weight excluding hydrogens is 376 g/mol. The van der Waals surface area contributed by atoms with Gasteiger partial charge in [-0.15, -0.1) is 0 Å². The van der Waals surface area contributed by atoms with Crippen LogP contribution in [-0.2, 0) is 19.1 Å². The minimum Gasteiger partial charge on any atom is -0.451 e. The second kappa shape index (κ2) is 6.29. The van der Waals surface area contributed by atoms with Gasteiger partial charge in [-0.2, -0.15) is 0 Å². The van der Waals surface area contributed by atoms with E-state index in [4.69, 9.17) is 16.3 Å². The highest BCUT2D eigenvalue weighted by Crippen LogP contribution is 2.68. The quantitative estimate of drug-likeness (QED) is 0.623. The van der Waals surface area contributed by atoms with Crippen molar-refractivity contribution in [1.82, 2.24) is 0 Å². The molecule has 0 heterocycles. The smallest absolute Gasteiger partial charge is 0.303 e. The highest BCUT2D eigenvalue weighted by Gasteiger charge is 2.67. The molecule has 4 aliphatic carbocycles. The second-order valence-corrected chi connectivity index (χ2v) is 10.1. The number of halogens is 1. The first-order valence-corrected chi connectivity index (χ1v) is 10.8. The van der Waals surface area contributed by atoms with Gasteiger partial charge in [-0.05, 0) is 73.8 Å². The van der Waals surface area contributed by atoms with Gasteiger partial charge in [0.1, 0.15) is 0 Å². The molecule has 0 amide bonds. The number of hydrogen-bond acceptors (Lipinski definition) is 4. The van der Waals surface area contributed by atoms with Crippen molar-refractivity contribution in [3.8, 4) is 0 Å². The summed E-state index contributed by atoms with van der Waals surface area (Å²) in [5.74, 6) is 0.584. The van der Waals surface area contributed by atoms with Crippen molar-refractivity contribution in [2.24, 2.45) is 28.6 Å². The molecule has 0 N–H and O–H groups in total. The van der Waals surface area contributed by atoms with Crippen LogP contribution in [0.3, 0.4) is 0 Å². The van der Waals surface area contributed by atoms with Gasteiger partial charge in [0, 0.05) is 23.8 Å². The summed E-state index contributed by atoms with van der Waals surface area (Å²) >= 11 is 6.71. The SMILES string of the molecule is CC(=O)OC1(C(C)=O)CCC2C3C=C(Cl)C4=CC(=O)CC[C@@]4(C)C3CC[C@]21C. The molecule has 28 heavy (non-hydrogen) atoms. The van der Waals surface area contributed by atoms with Gasteiger partial charge >= 0.3 is 5.97 Å². The summed E-state index contributed by atoms with van der Waals surface area (Å²) in [4.78, 5) is 36.6. The van der Waals surface area contributed by atoms with Gasteiger partial charge in [-0.1, -0.05) is 31.5 Å². The molecule has 2 fully saturated rings. The van der Waals surface area contributed by atoms with E-state index in [-0.39, 0.29) is 40.2 Å². The number of carbonyl (C=O) groups excluding carboxylic acids is 3. The Hall–Kier alpha value is -1.42. The van der Waals surface area contributed by atoms with Gasteiger partial charge < -0.3 is 4.74 Å². The molecule has 0 spiro atoms. The largest absolute Gasteiger partial charge is 0.451 e. The third-order valence-corrected chi connectivity index (χ3v) is 8.89. The zero-order valence-electron chi connectivity index (χ0n) is 17.1. The van der Waals surface area contributed by atoms with E-state index >= 15 is 0 Å². The fourth-order valence-corrected chi connectivity index (χ4v) is 7.55. The van der Waals surface area contributed by atoms with Crippen LogP contribution >= 0.6 is 11.6 Å². The van der Waals surface area contributed by atoms with Crippen molar-refractivity contribution < 1.29 is 19.1 Å². The molecule has 0 aromatic heterocycles. The summed E-state index contributed by atoms with van der Waals surface area (Å²) in [6, 6.07) is 0. The molecule has 0 aromatic carbocycles. The molecule has 0 aromatic rings. The van der Waals surface area contributed by atoms with Crippen LogP contribution in [0.25, 0.3) is 0 Å². The third kappa shape index (κ3) is 2.46. The average molecular weight is 405 g/mol. The standard InChI is InChI=1S/C23H29ClO4/c1-13(25)23(28-14(2)26)10-7-18-16-12-20(24)19-11-15(27)5-8-21(19,3)17(16)6-9-22(18,23)4/h11-12,16-18H,5-10H2,1-4H3/t16?,17?,18?,21-,22+,23?/m0/s1. The van der Waals surface area contributed by atoms with Crippen molar-refractivity contribution in [3.63, 3.8) is 0 Å². The third-order valence-electron chi connectivity index (χ3n) is 8.56. The Kier molecular flexibility index (Phi) is 4.46. The summed E-state index contributed by atoms with van der Waals surface area (Å²) < 4.78 is 5.79. The second-order valence-electron chi connectivity index (χ2n) is 9.72. The summed E-state index contributed by atoms with van der Waals surface area (Å²) in [5.41, 5.74) is -0.532. The van der Waals surface area contributed by atoms with Crippen molar-refractivity contribution >= 4 is 29.1 Å². The average Bonchev–Trinajstić information content (AvgIpc) is 2.90. The lowest BCUT2D eigenvalue weighted by Crippen LogP contribution is -2.58. The molecule has 2 saturated carbocycles. The van der Waals surface area contributed by atoms with Crippen molar-refractivity contribution in [2.45, 2.75) is 71.8 Å². The van der Waals surface area contributed by atoms with Gasteiger partial charge in [-0.25, -0.2) is 0 Å². The number of Topliss-reactive ketones (excluding diaryl/α,β-unsaturated/α-hetero) is 1. The Morgan fingerprint density at radius 1 is 1.11 bits per heavy atom. The predicted molar refractivity (Wildman–Crippen MR) is 107 cm³/mol. The Labute approximate surface area is 171 Å². The van der Waals surface area contributed by atoms with Crippen LogP contribution in [-0.4, -0.2) is 23.1 Å².